The summed E-state index contributed by atoms with van der Waals surface area (Å²) in [4.78, 5) is 1.24. The van der Waals surface area contributed by atoms with E-state index >= 15 is 0 Å². The molecule has 0 fully saturated rings. The third-order valence-electron chi connectivity index (χ3n) is 2.67. The van der Waals surface area contributed by atoms with Crippen LogP contribution in [0.1, 0.15) is 17.2 Å². The molecule has 0 aliphatic rings. The lowest BCUT2D eigenvalue weighted by molar-refractivity contribution is 0.204. The van der Waals surface area contributed by atoms with Gasteiger partial charge in [0.2, 0.25) is 0 Å². The number of aliphatic hydroxyl groups excluding tert-OH is 1. The van der Waals surface area contributed by atoms with Gasteiger partial charge in [0.25, 0.3) is 0 Å². The normalized spacial score (nSPS) is 12.4. The molecule has 0 heterocycles. The van der Waals surface area contributed by atoms with Crippen LogP contribution >= 0.6 is 11.8 Å². The Bertz CT molecular complexity index is 467. The summed E-state index contributed by atoms with van der Waals surface area (Å²) in [6, 6.07) is 18.1. The Labute approximate surface area is 107 Å². The van der Waals surface area contributed by atoms with Crippen LogP contribution < -0.4 is 0 Å². The van der Waals surface area contributed by atoms with Crippen LogP contribution in [0.5, 0.6) is 0 Å². The predicted octanol–water partition coefficient (Wildman–Crippen LogP) is 3.82. The van der Waals surface area contributed by atoms with E-state index in [0.717, 1.165) is 5.56 Å². The maximum atomic E-state index is 10.1. The molecule has 0 radical (unpaired) electrons. The third kappa shape index (κ3) is 3.35. The zero-order valence-corrected chi connectivity index (χ0v) is 10.7. The minimum atomic E-state index is -0.402. The van der Waals surface area contributed by atoms with Gasteiger partial charge in [0.15, 0.2) is 0 Å². The van der Waals surface area contributed by atoms with Gasteiger partial charge in [0.05, 0.1) is 6.10 Å². The van der Waals surface area contributed by atoms with Gasteiger partial charge in [-0.05, 0) is 24.1 Å². The molecular formula is C15H16OS. The molecule has 88 valence electrons. The lowest BCUT2D eigenvalue weighted by atomic mass is 10.1. The van der Waals surface area contributed by atoms with Crippen molar-refractivity contribution in [2.45, 2.75) is 17.9 Å². The van der Waals surface area contributed by atoms with Gasteiger partial charge in [0, 0.05) is 10.6 Å². The number of benzene rings is 2. The van der Waals surface area contributed by atoms with Crippen molar-refractivity contribution in [3.05, 3.63) is 65.7 Å². The minimum Gasteiger partial charge on any atom is -0.388 e. The second kappa shape index (κ2) is 5.89. The van der Waals surface area contributed by atoms with Crippen molar-refractivity contribution in [3.63, 3.8) is 0 Å². The average molecular weight is 244 g/mol. The zero-order chi connectivity index (χ0) is 12.1. The molecule has 0 spiro atoms. The lowest BCUT2D eigenvalue weighted by Crippen LogP contribution is -2.00. The molecule has 2 rings (SSSR count). The van der Waals surface area contributed by atoms with E-state index in [0.29, 0.717) is 5.75 Å². The Morgan fingerprint density at radius 3 is 2.35 bits per heavy atom. The SMILES string of the molecule is Cc1ccccc1SCC(O)c1ccccc1. The molecule has 2 heteroatoms. The van der Waals surface area contributed by atoms with Gasteiger partial charge in [0.1, 0.15) is 0 Å². The van der Waals surface area contributed by atoms with Gasteiger partial charge < -0.3 is 5.11 Å². The molecule has 17 heavy (non-hydrogen) atoms. The molecule has 0 saturated heterocycles. The van der Waals surface area contributed by atoms with Crippen molar-refractivity contribution in [3.8, 4) is 0 Å². The first kappa shape index (κ1) is 12.2. The molecule has 1 atom stereocenters. The Hall–Kier alpha value is -1.25. The minimum absolute atomic E-state index is 0.402. The quantitative estimate of drug-likeness (QED) is 0.825. The smallest absolute Gasteiger partial charge is 0.0883 e. The Morgan fingerprint density at radius 1 is 1.00 bits per heavy atom. The monoisotopic (exact) mass is 244 g/mol. The zero-order valence-electron chi connectivity index (χ0n) is 9.84. The second-order valence-electron chi connectivity index (χ2n) is 4.00. The highest BCUT2D eigenvalue weighted by Gasteiger charge is 2.08. The van der Waals surface area contributed by atoms with Crippen LogP contribution in [0.15, 0.2) is 59.5 Å². The standard InChI is InChI=1S/C15H16OS/c1-12-7-5-6-10-15(12)17-11-14(16)13-8-3-2-4-9-13/h2-10,14,16H,11H2,1H3. The summed E-state index contributed by atoms with van der Waals surface area (Å²) < 4.78 is 0. The van der Waals surface area contributed by atoms with E-state index in [1.165, 1.54) is 10.5 Å². The molecule has 2 aromatic rings. The van der Waals surface area contributed by atoms with Gasteiger partial charge in [-0.3, -0.25) is 0 Å². The van der Waals surface area contributed by atoms with Crippen molar-refractivity contribution in [2.75, 3.05) is 5.75 Å². The van der Waals surface area contributed by atoms with Crippen LogP contribution in [0.4, 0.5) is 0 Å². The first-order valence-electron chi connectivity index (χ1n) is 5.69. The van der Waals surface area contributed by atoms with E-state index in [9.17, 15) is 5.11 Å². The Balaban J connectivity index is 1.97. The van der Waals surface area contributed by atoms with E-state index in [4.69, 9.17) is 0 Å². The highest BCUT2D eigenvalue weighted by atomic mass is 32.2. The number of thioether (sulfide) groups is 1. The highest BCUT2D eigenvalue weighted by Crippen LogP contribution is 2.26. The summed E-state index contributed by atoms with van der Waals surface area (Å²) in [7, 11) is 0. The van der Waals surface area contributed by atoms with E-state index in [2.05, 4.69) is 19.1 Å². The highest BCUT2D eigenvalue weighted by molar-refractivity contribution is 7.99. The van der Waals surface area contributed by atoms with Crippen molar-refractivity contribution in [2.24, 2.45) is 0 Å². The fourth-order valence-corrected chi connectivity index (χ4v) is 2.66. The first-order chi connectivity index (χ1) is 8.27. The molecule has 0 aromatic heterocycles. The van der Waals surface area contributed by atoms with Crippen molar-refractivity contribution in [1.29, 1.82) is 0 Å². The van der Waals surface area contributed by atoms with E-state index in [1.807, 2.05) is 42.5 Å². The molecule has 0 aliphatic heterocycles. The molecule has 1 nitrogen and oxygen atoms in total. The van der Waals surface area contributed by atoms with Crippen LogP contribution in [0.25, 0.3) is 0 Å². The van der Waals surface area contributed by atoms with Crippen molar-refractivity contribution < 1.29 is 5.11 Å². The molecule has 0 bridgehead atoms. The van der Waals surface area contributed by atoms with Gasteiger partial charge in [-0.25, -0.2) is 0 Å². The number of aliphatic hydroxyl groups is 1. The summed E-state index contributed by atoms with van der Waals surface area (Å²) in [5, 5.41) is 10.1. The largest absolute Gasteiger partial charge is 0.388 e. The summed E-state index contributed by atoms with van der Waals surface area (Å²) in [6.45, 7) is 2.09. The molecule has 0 aliphatic carbocycles. The maximum Gasteiger partial charge on any atom is 0.0883 e. The molecule has 1 N–H and O–H groups in total. The number of hydrogen-bond acceptors (Lipinski definition) is 2. The predicted molar refractivity (Wildman–Crippen MR) is 73.3 cm³/mol. The fraction of sp³-hybridized carbons (Fsp3) is 0.200. The lowest BCUT2D eigenvalue weighted by Gasteiger charge is -2.11. The number of rotatable bonds is 4. The Morgan fingerprint density at radius 2 is 1.65 bits per heavy atom. The number of hydrogen-bond donors (Lipinski definition) is 1. The van der Waals surface area contributed by atoms with Crippen LogP contribution in [0.2, 0.25) is 0 Å². The second-order valence-corrected chi connectivity index (χ2v) is 5.06. The number of aryl methyl sites for hydroxylation is 1. The summed E-state index contributed by atoms with van der Waals surface area (Å²) in [5.74, 6) is 0.689. The summed E-state index contributed by atoms with van der Waals surface area (Å²) in [5.41, 5.74) is 2.24. The van der Waals surface area contributed by atoms with E-state index in [-0.39, 0.29) is 0 Å². The molecule has 0 amide bonds. The van der Waals surface area contributed by atoms with Gasteiger partial charge in [-0.1, -0.05) is 48.5 Å². The van der Waals surface area contributed by atoms with Crippen LogP contribution in [-0.4, -0.2) is 10.9 Å². The van der Waals surface area contributed by atoms with Gasteiger partial charge in [-0.2, -0.15) is 0 Å². The van der Waals surface area contributed by atoms with Gasteiger partial charge >= 0.3 is 0 Å². The average Bonchev–Trinajstić information content (AvgIpc) is 2.38. The van der Waals surface area contributed by atoms with Crippen molar-refractivity contribution >= 4 is 11.8 Å². The molecular weight excluding hydrogens is 228 g/mol. The summed E-state index contributed by atoms with van der Waals surface area (Å²) in [6.07, 6.45) is -0.402. The fourth-order valence-electron chi connectivity index (χ4n) is 1.66. The van der Waals surface area contributed by atoms with E-state index < -0.39 is 6.10 Å². The van der Waals surface area contributed by atoms with Gasteiger partial charge in [-0.15, -0.1) is 11.8 Å². The molecule has 0 saturated carbocycles. The topological polar surface area (TPSA) is 20.2 Å². The maximum absolute atomic E-state index is 10.1. The summed E-state index contributed by atoms with van der Waals surface area (Å²) >= 11 is 1.70. The van der Waals surface area contributed by atoms with Crippen molar-refractivity contribution in [1.82, 2.24) is 0 Å². The van der Waals surface area contributed by atoms with Crippen LogP contribution in [-0.2, 0) is 0 Å². The van der Waals surface area contributed by atoms with Crippen LogP contribution in [0.3, 0.4) is 0 Å². The first-order valence-corrected chi connectivity index (χ1v) is 6.67. The molecule has 1 unspecified atom stereocenters. The Kier molecular flexibility index (Phi) is 4.24. The molecule has 2 aromatic carbocycles. The van der Waals surface area contributed by atoms with E-state index in [1.54, 1.807) is 11.8 Å². The van der Waals surface area contributed by atoms with Crippen LogP contribution in [0, 0.1) is 6.92 Å². The third-order valence-corrected chi connectivity index (χ3v) is 3.93.